The molecule has 0 saturated carbocycles. The number of carbonyl (C=O) groups excluding carboxylic acids is 2. The molecule has 2 amide bonds. The monoisotopic (exact) mass is 532 g/mol. The van der Waals surface area contributed by atoms with Crippen LogP contribution in [0.3, 0.4) is 0 Å². The minimum atomic E-state index is -0.966. The number of anilines is 2. The van der Waals surface area contributed by atoms with Crippen LogP contribution >= 0.6 is 0 Å². The maximum Gasteiger partial charge on any atom is 0.255 e. The number of carbonyl (C=O) groups is 2. The summed E-state index contributed by atoms with van der Waals surface area (Å²) in [6.45, 7) is 2.82. The van der Waals surface area contributed by atoms with Crippen LogP contribution in [0, 0.1) is 0 Å². The van der Waals surface area contributed by atoms with E-state index in [1.165, 1.54) is 5.56 Å². The van der Waals surface area contributed by atoms with Gasteiger partial charge in [0.25, 0.3) is 5.91 Å². The number of para-hydroxylation sites is 1. The highest BCUT2D eigenvalue weighted by Gasteiger charge is 2.57. The lowest BCUT2D eigenvalue weighted by Crippen LogP contribution is -2.42. The Morgan fingerprint density at radius 2 is 1.65 bits per heavy atom. The third kappa shape index (κ3) is 3.80. The van der Waals surface area contributed by atoms with E-state index >= 15 is 0 Å². The van der Waals surface area contributed by atoms with E-state index in [9.17, 15) is 9.59 Å². The SMILES string of the molecule is CCCc1ccc(NC(=O)c2cccc(CN3C(=O)C4(COc5cc6c(cc54)OCO6)c4ccccc43)c2)cc1. The quantitative estimate of drug-likeness (QED) is 0.337. The zero-order valence-electron chi connectivity index (χ0n) is 22.1. The van der Waals surface area contributed by atoms with Gasteiger partial charge in [-0.1, -0.05) is 55.8 Å². The Morgan fingerprint density at radius 1 is 0.850 bits per heavy atom. The molecular weight excluding hydrogens is 504 g/mol. The zero-order valence-corrected chi connectivity index (χ0v) is 22.1. The van der Waals surface area contributed by atoms with Crippen molar-refractivity contribution in [1.29, 1.82) is 0 Å². The maximum absolute atomic E-state index is 14.3. The Morgan fingerprint density at radius 3 is 2.48 bits per heavy atom. The summed E-state index contributed by atoms with van der Waals surface area (Å²) in [5, 5.41) is 2.99. The molecule has 7 heteroatoms. The number of aryl methyl sites for hydroxylation is 1. The number of nitrogens with one attached hydrogen (secondary N) is 1. The second-order valence-corrected chi connectivity index (χ2v) is 10.4. The Labute approximate surface area is 232 Å². The Bertz CT molecular complexity index is 1650. The molecule has 0 fully saturated rings. The van der Waals surface area contributed by atoms with Gasteiger partial charge in [0.05, 0.1) is 6.54 Å². The molecule has 3 heterocycles. The normalized spacial score (nSPS) is 18.0. The first kappa shape index (κ1) is 24.3. The smallest absolute Gasteiger partial charge is 0.255 e. The highest BCUT2D eigenvalue weighted by atomic mass is 16.7. The number of ether oxygens (including phenoxy) is 3. The van der Waals surface area contributed by atoms with Gasteiger partial charge in [0, 0.05) is 28.6 Å². The first-order valence-corrected chi connectivity index (χ1v) is 13.5. The van der Waals surface area contributed by atoms with Crippen LogP contribution in [-0.2, 0) is 23.2 Å². The number of hydrogen-bond donors (Lipinski definition) is 1. The number of benzene rings is 4. The van der Waals surface area contributed by atoms with Gasteiger partial charge in [0.15, 0.2) is 11.5 Å². The van der Waals surface area contributed by atoms with Crippen molar-refractivity contribution in [3.63, 3.8) is 0 Å². The third-order valence-electron chi connectivity index (χ3n) is 7.92. The number of nitrogens with zero attached hydrogens (tertiary/aromatic N) is 1. The molecule has 4 aromatic rings. The van der Waals surface area contributed by atoms with Gasteiger partial charge >= 0.3 is 0 Å². The average molecular weight is 533 g/mol. The largest absolute Gasteiger partial charge is 0.491 e. The standard InChI is InChI=1S/C33H28N2O5/c1-2-6-21-11-13-24(14-12-21)34-31(36)23-8-5-7-22(15-23)18-35-27-10-4-3-9-25(27)33(32(35)37)19-38-28-17-30-29(16-26(28)33)39-20-40-30/h3-5,7-17H,2,6,18-20H2,1H3,(H,34,36). The van der Waals surface area contributed by atoms with Crippen LogP contribution in [0.1, 0.15) is 46.0 Å². The van der Waals surface area contributed by atoms with E-state index in [0.717, 1.165) is 40.9 Å². The van der Waals surface area contributed by atoms with Crippen molar-refractivity contribution in [1.82, 2.24) is 0 Å². The highest BCUT2D eigenvalue weighted by molar-refractivity contribution is 6.11. The van der Waals surface area contributed by atoms with Gasteiger partial charge in [-0.15, -0.1) is 0 Å². The van der Waals surface area contributed by atoms with Crippen molar-refractivity contribution in [3.05, 3.63) is 113 Å². The fraction of sp³-hybridized carbons (Fsp3) is 0.212. The van der Waals surface area contributed by atoms with Gasteiger partial charge in [-0.05, 0) is 59.5 Å². The minimum Gasteiger partial charge on any atom is -0.491 e. The summed E-state index contributed by atoms with van der Waals surface area (Å²) in [4.78, 5) is 29.2. The second-order valence-electron chi connectivity index (χ2n) is 10.4. The van der Waals surface area contributed by atoms with Crippen molar-refractivity contribution >= 4 is 23.2 Å². The van der Waals surface area contributed by atoms with E-state index in [2.05, 4.69) is 12.2 Å². The molecule has 40 heavy (non-hydrogen) atoms. The first-order chi connectivity index (χ1) is 19.6. The van der Waals surface area contributed by atoms with E-state index in [0.29, 0.717) is 29.4 Å². The molecule has 7 nitrogen and oxygen atoms in total. The average Bonchev–Trinajstić information content (AvgIpc) is 3.66. The van der Waals surface area contributed by atoms with Gasteiger partial charge < -0.3 is 24.4 Å². The van der Waals surface area contributed by atoms with Gasteiger partial charge in [-0.25, -0.2) is 0 Å². The van der Waals surface area contributed by atoms with Gasteiger partial charge in [-0.3, -0.25) is 9.59 Å². The lowest BCUT2D eigenvalue weighted by Gasteiger charge is -2.23. The predicted octanol–water partition coefficient (Wildman–Crippen LogP) is 5.85. The number of fused-ring (bicyclic) bond motifs is 5. The summed E-state index contributed by atoms with van der Waals surface area (Å²) >= 11 is 0. The molecule has 7 rings (SSSR count). The number of rotatable bonds is 6. The van der Waals surface area contributed by atoms with Crippen molar-refractivity contribution in [2.45, 2.75) is 31.7 Å². The summed E-state index contributed by atoms with van der Waals surface area (Å²) in [5.74, 6) is 1.62. The van der Waals surface area contributed by atoms with E-state index in [-0.39, 0.29) is 25.2 Å². The van der Waals surface area contributed by atoms with Crippen LogP contribution in [0.25, 0.3) is 0 Å². The Hall–Kier alpha value is -4.78. The minimum absolute atomic E-state index is 0.0617. The molecule has 0 bridgehead atoms. The van der Waals surface area contributed by atoms with Crippen LogP contribution in [-0.4, -0.2) is 25.2 Å². The van der Waals surface area contributed by atoms with Crippen LogP contribution < -0.4 is 24.4 Å². The molecule has 3 aliphatic rings. The van der Waals surface area contributed by atoms with E-state index in [4.69, 9.17) is 14.2 Å². The number of amides is 2. The summed E-state index contributed by atoms with van der Waals surface area (Å²) in [6.07, 6.45) is 2.09. The molecule has 0 aromatic heterocycles. The lowest BCUT2D eigenvalue weighted by molar-refractivity contribution is -0.122. The molecule has 200 valence electrons. The highest BCUT2D eigenvalue weighted by Crippen LogP contribution is 2.55. The topological polar surface area (TPSA) is 77.1 Å². The zero-order chi connectivity index (χ0) is 27.3. The molecule has 0 radical (unpaired) electrons. The number of hydrogen-bond acceptors (Lipinski definition) is 5. The first-order valence-electron chi connectivity index (χ1n) is 13.5. The van der Waals surface area contributed by atoms with E-state index in [1.54, 1.807) is 11.0 Å². The van der Waals surface area contributed by atoms with Crippen LogP contribution in [0.2, 0.25) is 0 Å². The van der Waals surface area contributed by atoms with Crippen LogP contribution in [0.5, 0.6) is 17.2 Å². The van der Waals surface area contributed by atoms with Crippen molar-refractivity contribution in [2.75, 3.05) is 23.6 Å². The lowest BCUT2D eigenvalue weighted by atomic mass is 9.77. The van der Waals surface area contributed by atoms with Crippen LogP contribution in [0.4, 0.5) is 11.4 Å². The Balaban J connectivity index is 1.17. The summed E-state index contributed by atoms with van der Waals surface area (Å²) < 4.78 is 17.2. The van der Waals surface area contributed by atoms with Crippen molar-refractivity contribution in [2.24, 2.45) is 0 Å². The summed E-state index contributed by atoms with van der Waals surface area (Å²) in [6, 6.07) is 26.9. The molecule has 0 aliphatic carbocycles. The molecule has 4 aromatic carbocycles. The maximum atomic E-state index is 14.3. The fourth-order valence-electron chi connectivity index (χ4n) is 5.96. The summed E-state index contributed by atoms with van der Waals surface area (Å²) in [7, 11) is 0. The van der Waals surface area contributed by atoms with Crippen molar-refractivity contribution < 1.29 is 23.8 Å². The van der Waals surface area contributed by atoms with Gasteiger partial charge in [-0.2, -0.15) is 0 Å². The van der Waals surface area contributed by atoms with Gasteiger partial charge in [0.2, 0.25) is 12.7 Å². The fourth-order valence-corrected chi connectivity index (χ4v) is 5.96. The molecule has 1 N–H and O–H groups in total. The Kier molecular flexibility index (Phi) is 5.73. The van der Waals surface area contributed by atoms with Crippen molar-refractivity contribution in [3.8, 4) is 17.2 Å². The van der Waals surface area contributed by atoms with E-state index < -0.39 is 5.41 Å². The molecule has 3 aliphatic heterocycles. The predicted molar refractivity (Wildman–Crippen MR) is 151 cm³/mol. The van der Waals surface area contributed by atoms with Crippen LogP contribution in [0.15, 0.2) is 84.9 Å². The molecule has 1 spiro atoms. The third-order valence-corrected chi connectivity index (χ3v) is 7.92. The molecule has 1 atom stereocenters. The molecular formula is C33H28N2O5. The second kappa shape index (κ2) is 9.45. The molecule has 0 saturated heterocycles. The molecule has 1 unspecified atom stereocenters. The van der Waals surface area contributed by atoms with Gasteiger partial charge in [0.1, 0.15) is 17.8 Å². The van der Waals surface area contributed by atoms with E-state index in [1.807, 2.05) is 78.9 Å². The summed E-state index contributed by atoms with van der Waals surface area (Å²) in [5.41, 5.74) is 4.95.